The van der Waals surface area contributed by atoms with Crippen molar-refractivity contribution in [2.24, 2.45) is 9.98 Å². The van der Waals surface area contributed by atoms with Crippen LogP contribution in [-0.2, 0) is 4.74 Å². The van der Waals surface area contributed by atoms with Crippen LogP contribution in [0.15, 0.2) is 33.3 Å². The van der Waals surface area contributed by atoms with Crippen molar-refractivity contribution in [3.63, 3.8) is 0 Å². The van der Waals surface area contributed by atoms with Gasteiger partial charge in [-0.3, -0.25) is 9.98 Å². The van der Waals surface area contributed by atoms with Crippen molar-refractivity contribution >= 4 is 12.4 Å². The SMILES string of the molecule is C=NC=C1C(=NC)C2=C(CCCO2)N1CCN(C)C. The normalized spacial score (nSPS) is 23.3. The lowest BCUT2D eigenvalue weighted by Crippen LogP contribution is -2.29. The summed E-state index contributed by atoms with van der Waals surface area (Å²) in [6.07, 6.45) is 3.87. The first kappa shape index (κ1) is 13.8. The van der Waals surface area contributed by atoms with Crippen molar-refractivity contribution < 1.29 is 4.74 Å². The van der Waals surface area contributed by atoms with E-state index < -0.39 is 0 Å². The molecule has 0 bridgehead atoms. The molecule has 0 spiro atoms. The Morgan fingerprint density at radius 3 is 2.89 bits per heavy atom. The van der Waals surface area contributed by atoms with E-state index in [4.69, 9.17) is 4.74 Å². The van der Waals surface area contributed by atoms with E-state index in [-0.39, 0.29) is 0 Å². The van der Waals surface area contributed by atoms with Crippen LogP contribution in [0.25, 0.3) is 0 Å². The Hall–Kier alpha value is -1.62. The number of nitrogens with zero attached hydrogens (tertiary/aromatic N) is 4. The van der Waals surface area contributed by atoms with Crippen LogP contribution < -0.4 is 0 Å². The number of aliphatic imine (C=N–C) groups is 2. The van der Waals surface area contributed by atoms with Crippen LogP contribution in [-0.4, -0.2) is 63.1 Å². The van der Waals surface area contributed by atoms with Gasteiger partial charge in [-0.1, -0.05) is 0 Å². The quantitative estimate of drug-likeness (QED) is 0.721. The lowest BCUT2D eigenvalue weighted by molar-refractivity contribution is 0.194. The molecule has 0 atom stereocenters. The highest BCUT2D eigenvalue weighted by Gasteiger charge is 2.35. The highest BCUT2D eigenvalue weighted by atomic mass is 16.5. The van der Waals surface area contributed by atoms with Crippen molar-refractivity contribution in [3.05, 3.63) is 23.4 Å². The predicted molar refractivity (Wildman–Crippen MR) is 78.5 cm³/mol. The Morgan fingerprint density at radius 1 is 1.47 bits per heavy atom. The highest BCUT2D eigenvalue weighted by molar-refractivity contribution is 6.13. The molecule has 5 nitrogen and oxygen atoms in total. The monoisotopic (exact) mass is 262 g/mol. The molecule has 2 aliphatic rings. The third-order valence-electron chi connectivity index (χ3n) is 3.35. The fraction of sp³-hybridized carbons (Fsp3) is 0.571. The van der Waals surface area contributed by atoms with Crippen molar-refractivity contribution in [1.82, 2.24) is 9.80 Å². The molecule has 19 heavy (non-hydrogen) atoms. The van der Waals surface area contributed by atoms with Gasteiger partial charge in [0, 0.05) is 20.1 Å². The highest BCUT2D eigenvalue weighted by Crippen LogP contribution is 2.35. The number of hydrogen-bond donors (Lipinski definition) is 0. The Bertz CT molecular complexity index is 448. The Balaban J connectivity index is 2.33. The molecule has 0 aromatic carbocycles. The average molecular weight is 262 g/mol. The molecule has 0 aromatic heterocycles. The van der Waals surface area contributed by atoms with Gasteiger partial charge < -0.3 is 14.5 Å². The van der Waals surface area contributed by atoms with E-state index in [9.17, 15) is 0 Å². The van der Waals surface area contributed by atoms with Gasteiger partial charge in [0.2, 0.25) is 0 Å². The fourth-order valence-corrected chi connectivity index (χ4v) is 2.45. The molecule has 2 heterocycles. The van der Waals surface area contributed by atoms with Gasteiger partial charge in [-0.15, -0.1) is 0 Å². The third-order valence-corrected chi connectivity index (χ3v) is 3.35. The average Bonchev–Trinajstić information content (AvgIpc) is 2.70. The molecule has 0 saturated carbocycles. The molecule has 0 amide bonds. The second-order valence-electron chi connectivity index (χ2n) is 4.95. The van der Waals surface area contributed by atoms with Crippen LogP contribution in [0.4, 0.5) is 0 Å². The van der Waals surface area contributed by atoms with E-state index in [1.54, 1.807) is 13.2 Å². The lowest BCUT2D eigenvalue weighted by Gasteiger charge is -2.26. The Labute approximate surface area is 115 Å². The first-order chi connectivity index (χ1) is 9.19. The van der Waals surface area contributed by atoms with Crippen LogP contribution in [0.3, 0.4) is 0 Å². The van der Waals surface area contributed by atoms with Gasteiger partial charge in [0.15, 0.2) is 5.76 Å². The number of likely N-dealkylation sites (N-methyl/N-ethyl adjacent to an activating group) is 1. The van der Waals surface area contributed by atoms with E-state index in [1.165, 1.54) is 5.70 Å². The predicted octanol–water partition coefficient (Wildman–Crippen LogP) is 1.50. The minimum Gasteiger partial charge on any atom is -0.489 e. The number of ether oxygens (including phenoxy) is 1. The maximum absolute atomic E-state index is 5.81. The van der Waals surface area contributed by atoms with E-state index in [0.717, 1.165) is 49.7 Å². The summed E-state index contributed by atoms with van der Waals surface area (Å²) in [7, 11) is 5.95. The molecule has 104 valence electrons. The number of rotatable bonds is 4. The number of allylic oxidation sites excluding steroid dienone is 1. The zero-order chi connectivity index (χ0) is 13.8. The molecule has 0 N–H and O–H groups in total. The van der Waals surface area contributed by atoms with Crippen molar-refractivity contribution in [2.45, 2.75) is 12.8 Å². The fourth-order valence-electron chi connectivity index (χ4n) is 2.45. The summed E-state index contributed by atoms with van der Waals surface area (Å²) >= 11 is 0. The van der Waals surface area contributed by atoms with E-state index >= 15 is 0 Å². The third kappa shape index (κ3) is 2.71. The van der Waals surface area contributed by atoms with E-state index in [1.807, 2.05) is 0 Å². The van der Waals surface area contributed by atoms with Gasteiger partial charge >= 0.3 is 0 Å². The zero-order valence-electron chi connectivity index (χ0n) is 12.0. The molecule has 0 radical (unpaired) electrons. The summed E-state index contributed by atoms with van der Waals surface area (Å²) in [6, 6.07) is 0. The molecular weight excluding hydrogens is 240 g/mol. The summed E-state index contributed by atoms with van der Waals surface area (Å²) in [5.74, 6) is 0.933. The van der Waals surface area contributed by atoms with E-state index in [0.29, 0.717) is 0 Å². The van der Waals surface area contributed by atoms with E-state index in [2.05, 4.69) is 40.6 Å². The number of hydrogen-bond acceptors (Lipinski definition) is 5. The molecule has 0 aromatic rings. The van der Waals surface area contributed by atoms with Gasteiger partial charge in [-0.2, -0.15) is 0 Å². The zero-order valence-corrected chi connectivity index (χ0v) is 12.0. The summed E-state index contributed by atoms with van der Waals surface area (Å²) in [4.78, 5) is 12.7. The van der Waals surface area contributed by atoms with Crippen LogP contribution in [0, 0.1) is 0 Å². The summed E-state index contributed by atoms with van der Waals surface area (Å²) in [5, 5.41) is 0. The largest absolute Gasteiger partial charge is 0.489 e. The molecule has 0 fully saturated rings. The molecule has 0 unspecified atom stereocenters. The first-order valence-corrected chi connectivity index (χ1v) is 6.60. The summed E-state index contributed by atoms with van der Waals surface area (Å²) in [5.41, 5.74) is 3.15. The summed E-state index contributed by atoms with van der Waals surface area (Å²) < 4.78 is 5.81. The van der Waals surface area contributed by atoms with Crippen LogP contribution in [0.2, 0.25) is 0 Å². The second-order valence-corrected chi connectivity index (χ2v) is 4.95. The summed E-state index contributed by atoms with van der Waals surface area (Å²) in [6.45, 7) is 6.22. The molecular formula is C14H22N4O. The molecule has 0 aliphatic carbocycles. The Morgan fingerprint density at radius 2 is 2.26 bits per heavy atom. The van der Waals surface area contributed by atoms with Crippen LogP contribution >= 0.6 is 0 Å². The van der Waals surface area contributed by atoms with Crippen molar-refractivity contribution in [3.8, 4) is 0 Å². The van der Waals surface area contributed by atoms with Crippen molar-refractivity contribution in [2.75, 3.05) is 40.8 Å². The maximum Gasteiger partial charge on any atom is 0.166 e. The van der Waals surface area contributed by atoms with Gasteiger partial charge in [0.05, 0.1) is 24.2 Å². The maximum atomic E-state index is 5.81. The van der Waals surface area contributed by atoms with Gasteiger partial charge in [-0.05, 0) is 33.7 Å². The topological polar surface area (TPSA) is 40.4 Å². The van der Waals surface area contributed by atoms with Gasteiger partial charge in [0.25, 0.3) is 0 Å². The van der Waals surface area contributed by atoms with Crippen molar-refractivity contribution in [1.29, 1.82) is 0 Å². The van der Waals surface area contributed by atoms with Crippen LogP contribution in [0.5, 0.6) is 0 Å². The second kappa shape index (κ2) is 6.02. The standard InChI is InChI=1S/C14H22N4O/c1-15-10-12-13(16-2)14-11(6-5-9-19-14)18(12)8-7-17(3)4/h10H,1,5-9H2,2-4H3. The van der Waals surface area contributed by atoms with Gasteiger partial charge in [-0.25, -0.2) is 0 Å². The van der Waals surface area contributed by atoms with Crippen LogP contribution in [0.1, 0.15) is 12.8 Å². The minimum absolute atomic E-state index is 0.772. The molecule has 2 rings (SSSR count). The molecule has 0 saturated heterocycles. The molecule has 2 aliphatic heterocycles. The molecule has 5 heteroatoms. The first-order valence-electron chi connectivity index (χ1n) is 6.60. The Kier molecular flexibility index (Phi) is 4.37. The minimum atomic E-state index is 0.772. The lowest BCUT2D eigenvalue weighted by atomic mass is 10.2. The van der Waals surface area contributed by atoms with Gasteiger partial charge in [0.1, 0.15) is 5.71 Å². The smallest absolute Gasteiger partial charge is 0.166 e.